The number of aromatic carboxylic acids is 1. The van der Waals surface area contributed by atoms with E-state index in [1.807, 2.05) is 0 Å². The normalized spacial score (nSPS) is 10.5. The van der Waals surface area contributed by atoms with E-state index in [1.165, 1.54) is 6.07 Å². The van der Waals surface area contributed by atoms with Crippen molar-refractivity contribution in [3.8, 4) is 17.0 Å². The third-order valence-corrected chi connectivity index (χ3v) is 2.62. The molecule has 1 aromatic heterocycles. The summed E-state index contributed by atoms with van der Waals surface area (Å²) >= 11 is 5.94. The summed E-state index contributed by atoms with van der Waals surface area (Å²) in [6.07, 6.45) is 0. The van der Waals surface area contributed by atoms with E-state index in [1.54, 1.807) is 19.1 Å². The van der Waals surface area contributed by atoms with Gasteiger partial charge in [0.05, 0.1) is 10.6 Å². The number of aromatic nitrogens is 1. The molecule has 0 amide bonds. The summed E-state index contributed by atoms with van der Waals surface area (Å²) in [5, 5.41) is 22.4. The molecular weight excluding hydrogens is 246 g/mol. The van der Waals surface area contributed by atoms with Gasteiger partial charge in [-0.05, 0) is 18.6 Å². The van der Waals surface area contributed by atoms with Gasteiger partial charge in [0.25, 0.3) is 0 Å². The Labute approximate surface area is 101 Å². The van der Waals surface area contributed by atoms with Crippen LogP contribution in [0.3, 0.4) is 0 Å². The van der Waals surface area contributed by atoms with Gasteiger partial charge in [0, 0.05) is 6.07 Å². The standard InChI is InChI=1S/C11H8ClNO4/c1-5-2-3-6(12)9(10(5)14)7-4-8(11(15)16)17-13-7/h2-4,14H,1H3,(H,15,16). The number of carboxylic acid groups (broad SMARTS) is 1. The molecule has 0 aliphatic heterocycles. The molecule has 17 heavy (non-hydrogen) atoms. The van der Waals surface area contributed by atoms with Gasteiger partial charge in [-0.2, -0.15) is 0 Å². The van der Waals surface area contributed by atoms with E-state index in [0.717, 1.165) is 0 Å². The van der Waals surface area contributed by atoms with Gasteiger partial charge in [-0.15, -0.1) is 0 Å². The van der Waals surface area contributed by atoms with Crippen LogP contribution in [0, 0.1) is 6.92 Å². The lowest BCUT2D eigenvalue weighted by Crippen LogP contribution is -1.91. The summed E-state index contributed by atoms with van der Waals surface area (Å²) in [5.41, 5.74) is 1.07. The fourth-order valence-corrected chi connectivity index (χ4v) is 1.66. The van der Waals surface area contributed by atoms with Gasteiger partial charge in [-0.3, -0.25) is 0 Å². The van der Waals surface area contributed by atoms with E-state index in [0.29, 0.717) is 5.56 Å². The molecule has 0 atom stereocenters. The Balaban J connectivity index is 2.60. The molecule has 0 aliphatic rings. The molecule has 0 bridgehead atoms. The van der Waals surface area contributed by atoms with E-state index in [2.05, 4.69) is 9.68 Å². The van der Waals surface area contributed by atoms with Crippen LogP contribution in [0.2, 0.25) is 5.02 Å². The molecule has 2 rings (SSSR count). The van der Waals surface area contributed by atoms with Crippen LogP contribution in [-0.2, 0) is 0 Å². The average Bonchev–Trinajstić information content (AvgIpc) is 2.73. The Morgan fingerprint density at radius 2 is 2.18 bits per heavy atom. The highest BCUT2D eigenvalue weighted by atomic mass is 35.5. The largest absolute Gasteiger partial charge is 0.507 e. The Kier molecular flexibility index (Phi) is 2.77. The topological polar surface area (TPSA) is 83.6 Å². The van der Waals surface area contributed by atoms with E-state index in [9.17, 15) is 9.90 Å². The number of nitrogens with zero attached hydrogens (tertiary/aromatic N) is 1. The van der Waals surface area contributed by atoms with Crippen molar-refractivity contribution in [1.82, 2.24) is 5.16 Å². The van der Waals surface area contributed by atoms with Gasteiger partial charge in [-0.25, -0.2) is 4.79 Å². The molecule has 0 saturated heterocycles. The molecule has 0 fully saturated rings. The Morgan fingerprint density at radius 1 is 1.47 bits per heavy atom. The molecular formula is C11H8ClNO4. The predicted octanol–water partition coefficient (Wildman–Crippen LogP) is 2.71. The molecule has 2 aromatic rings. The molecule has 1 heterocycles. The third kappa shape index (κ3) is 1.97. The fourth-order valence-electron chi connectivity index (χ4n) is 1.41. The van der Waals surface area contributed by atoms with Crippen LogP contribution in [0.15, 0.2) is 22.7 Å². The number of phenols is 1. The molecule has 2 N–H and O–H groups in total. The first-order chi connectivity index (χ1) is 8.00. The molecule has 6 heteroatoms. The minimum atomic E-state index is -1.23. The zero-order valence-electron chi connectivity index (χ0n) is 8.77. The summed E-state index contributed by atoms with van der Waals surface area (Å²) in [7, 11) is 0. The Hall–Kier alpha value is -2.01. The van der Waals surface area contributed by atoms with Crippen molar-refractivity contribution in [3.63, 3.8) is 0 Å². The van der Waals surface area contributed by atoms with Crippen molar-refractivity contribution in [3.05, 3.63) is 34.5 Å². The second kappa shape index (κ2) is 4.10. The Bertz CT molecular complexity index is 591. The van der Waals surface area contributed by atoms with Gasteiger partial charge in [0.2, 0.25) is 5.76 Å². The average molecular weight is 254 g/mol. The molecule has 88 valence electrons. The molecule has 0 unspecified atom stereocenters. The van der Waals surface area contributed by atoms with Gasteiger partial charge >= 0.3 is 5.97 Å². The lowest BCUT2D eigenvalue weighted by atomic mass is 10.1. The van der Waals surface area contributed by atoms with E-state index >= 15 is 0 Å². The number of halogens is 1. The molecule has 0 saturated carbocycles. The molecule has 5 nitrogen and oxygen atoms in total. The van der Waals surface area contributed by atoms with E-state index in [4.69, 9.17) is 16.7 Å². The monoisotopic (exact) mass is 253 g/mol. The number of phenolic OH excluding ortho intramolecular Hbond substituents is 1. The lowest BCUT2D eigenvalue weighted by Gasteiger charge is -2.05. The summed E-state index contributed by atoms with van der Waals surface area (Å²) < 4.78 is 4.61. The molecule has 0 spiro atoms. The molecule has 0 radical (unpaired) electrons. The highest BCUT2D eigenvalue weighted by molar-refractivity contribution is 6.33. The van der Waals surface area contributed by atoms with Gasteiger partial charge < -0.3 is 14.7 Å². The van der Waals surface area contributed by atoms with Crippen LogP contribution >= 0.6 is 11.6 Å². The smallest absolute Gasteiger partial charge is 0.374 e. The van der Waals surface area contributed by atoms with Crippen LogP contribution in [-0.4, -0.2) is 21.3 Å². The van der Waals surface area contributed by atoms with Crippen molar-refractivity contribution in [2.45, 2.75) is 6.92 Å². The molecule has 1 aromatic carbocycles. The zero-order chi connectivity index (χ0) is 12.6. The number of hydrogen-bond acceptors (Lipinski definition) is 4. The number of rotatable bonds is 2. The second-order valence-electron chi connectivity index (χ2n) is 3.47. The second-order valence-corrected chi connectivity index (χ2v) is 3.88. The maximum Gasteiger partial charge on any atom is 0.374 e. The van der Waals surface area contributed by atoms with Gasteiger partial charge in [0.15, 0.2) is 0 Å². The number of carbonyl (C=O) groups is 1. The predicted molar refractivity (Wildman–Crippen MR) is 60.3 cm³/mol. The first kappa shape index (κ1) is 11.5. The highest BCUT2D eigenvalue weighted by Crippen LogP contribution is 2.37. The minimum absolute atomic E-state index is 0.0391. The maximum atomic E-state index is 10.7. The van der Waals surface area contributed by atoms with Crippen molar-refractivity contribution < 1.29 is 19.5 Å². The Morgan fingerprint density at radius 3 is 2.76 bits per heavy atom. The number of hydrogen-bond donors (Lipinski definition) is 2. The number of benzene rings is 1. The van der Waals surface area contributed by atoms with Gasteiger partial charge in [0.1, 0.15) is 11.4 Å². The summed E-state index contributed by atoms with van der Waals surface area (Å²) in [4.78, 5) is 10.7. The summed E-state index contributed by atoms with van der Waals surface area (Å²) in [5.74, 6) is -1.58. The first-order valence-corrected chi connectivity index (χ1v) is 5.07. The number of aryl methyl sites for hydroxylation is 1. The van der Waals surface area contributed by atoms with Crippen molar-refractivity contribution in [2.24, 2.45) is 0 Å². The van der Waals surface area contributed by atoms with Crippen LogP contribution in [0.5, 0.6) is 5.75 Å². The molecule has 0 aliphatic carbocycles. The van der Waals surface area contributed by atoms with Crippen LogP contribution in [0.1, 0.15) is 16.1 Å². The van der Waals surface area contributed by atoms with Crippen molar-refractivity contribution in [1.29, 1.82) is 0 Å². The fraction of sp³-hybridized carbons (Fsp3) is 0.0909. The number of carboxylic acids is 1. The van der Waals surface area contributed by atoms with E-state index < -0.39 is 5.97 Å². The van der Waals surface area contributed by atoms with Crippen molar-refractivity contribution in [2.75, 3.05) is 0 Å². The van der Waals surface area contributed by atoms with Crippen LogP contribution in [0.25, 0.3) is 11.3 Å². The number of aromatic hydroxyl groups is 1. The quantitative estimate of drug-likeness (QED) is 0.860. The SMILES string of the molecule is Cc1ccc(Cl)c(-c2cc(C(=O)O)on2)c1O. The van der Waals surface area contributed by atoms with Crippen molar-refractivity contribution >= 4 is 17.6 Å². The zero-order valence-corrected chi connectivity index (χ0v) is 9.52. The minimum Gasteiger partial charge on any atom is -0.507 e. The summed E-state index contributed by atoms with van der Waals surface area (Å²) in [6.45, 7) is 1.70. The first-order valence-electron chi connectivity index (χ1n) is 4.69. The summed E-state index contributed by atoms with van der Waals surface area (Å²) in [6, 6.07) is 4.46. The third-order valence-electron chi connectivity index (χ3n) is 2.31. The highest BCUT2D eigenvalue weighted by Gasteiger charge is 2.18. The van der Waals surface area contributed by atoms with Crippen LogP contribution < -0.4 is 0 Å². The maximum absolute atomic E-state index is 10.7. The van der Waals surface area contributed by atoms with E-state index in [-0.39, 0.29) is 27.8 Å². The van der Waals surface area contributed by atoms with Crippen LogP contribution in [0.4, 0.5) is 0 Å². The van der Waals surface area contributed by atoms with Gasteiger partial charge in [-0.1, -0.05) is 22.8 Å². The lowest BCUT2D eigenvalue weighted by molar-refractivity contribution is 0.0652.